The largest absolute Gasteiger partial charge is 0.467 e. The van der Waals surface area contributed by atoms with Crippen LogP contribution < -0.4 is 5.32 Å². The zero-order chi connectivity index (χ0) is 17.1. The molecule has 0 aliphatic carbocycles. The van der Waals surface area contributed by atoms with E-state index in [0.717, 1.165) is 0 Å². The zero-order valence-electron chi connectivity index (χ0n) is 13.6. The lowest BCUT2D eigenvalue weighted by Crippen LogP contribution is -2.47. The summed E-state index contributed by atoms with van der Waals surface area (Å²) in [7, 11) is 1.25. The van der Waals surface area contributed by atoms with Crippen LogP contribution >= 0.6 is 0 Å². The topological polar surface area (TPSA) is 90.9 Å². The molecule has 0 saturated carbocycles. The molecule has 0 aromatic carbocycles. The summed E-state index contributed by atoms with van der Waals surface area (Å²) in [6.07, 6.45) is 1.40. The van der Waals surface area contributed by atoms with Crippen LogP contribution in [-0.4, -0.2) is 50.3 Å². The molecule has 0 radical (unpaired) electrons. The monoisotopic (exact) mass is 315 g/mol. The summed E-state index contributed by atoms with van der Waals surface area (Å²) in [5, 5.41) is 2.51. The fourth-order valence-electron chi connectivity index (χ4n) is 1.55. The molecule has 0 fully saturated rings. The molecule has 0 bridgehead atoms. The van der Waals surface area contributed by atoms with Gasteiger partial charge in [-0.1, -0.05) is 26.3 Å². The van der Waals surface area contributed by atoms with Gasteiger partial charge in [0.2, 0.25) is 0 Å². The highest BCUT2D eigenvalue weighted by atomic mass is 16.6. The number of methoxy groups -OCH3 is 1. The molecule has 0 spiro atoms. The Labute approximate surface area is 131 Å². The van der Waals surface area contributed by atoms with Gasteiger partial charge < -0.3 is 19.5 Å². The predicted molar refractivity (Wildman–Crippen MR) is 80.0 cm³/mol. The second kappa shape index (κ2) is 10.8. The van der Waals surface area contributed by atoms with Crippen LogP contribution in [0, 0.1) is 5.92 Å². The van der Waals surface area contributed by atoms with Gasteiger partial charge in [-0.15, -0.1) is 6.58 Å². The van der Waals surface area contributed by atoms with Crippen LogP contribution in [0.3, 0.4) is 0 Å². The third kappa shape index (κ3) is 7.21. The van der Waals surface area contributed by atoms with Gasteiger partial charge in [-0.25, -0.2) is 9.59 Å². The van der Waals surface area contributed by atoms with Crippen LogP contribution in [0.2, 0.25) is 0 Å². The van der Waals surface area contributed by atoms with Crippen molar-refractivity contribution in [2.75, 3.05) is 20.3 Å². The number of carbonyl (C=O) groups excluding carboxylic acids is 3. The van der Waals surface area contributed by atoms with E-state index in [9.17, 15) is 14.4 Å². The molecule has 1 amide bonds. The molecule has 0 aromatic heterocycles. The molecule has 126 valence electrons. The van der Waals surface area contributed by atoms with E-state index < -0.39 is 36.6 Å². The van der Waals surface area contributed by atoms with Crippen LogP contribution in [0.25, 0.3) is 0 Å². The molecular weight excluding hydrogens is 290 g/mol. The van der Waals surface area contributed by atoms with E-state index >= 15 is 0 Å². The maximum Gasteiger partial charge on any atom is 0.335 e. The van der Waals surface area contributed by atoms with Crippen LogP contribution in [0.4, 0.5) is 0 Å². The fraction of sp³-hybridized carbons (Fsp3) is 0.667. The van der Waals surface area contributed by atoms with Crippen molar-refractivity contribution in [1.29, 1.82) is 0 Å². The van der Waals surface area contributed by atoms with Crippen molar-refractivity contribution in [3.05, 3.63) is 12.7 Å². The minimum Gasteiger partial charge on any atom is -0.467 e. The summed E-state index contributed by atoms with van der Waals surface area (Å²) in [5.74, 6) is -1.85. The summed E-state index contributed by atoms with van der Waals surface area (Å²) in [5.41, 5.74) is 0. The first kappa shape index (κ1) is 20.1. The van der Waals surface area contributed by atoms with E-state index in [1.54, 1.807) is 0 Å². The second-order valence-electron chi connectivity index (χ2n) is 4.83. The fourth-order valence-corrected chi connectivity index (χ4v) is 1.55. The number of esters is 2. The van der Waals surface area contributed by atoms with Crippen molar-refractivity contribution >= 4 is 17.8 Å². The second-order valence-corrected chi connectivity index (χ2v) is 4.83. The Balaban J connectivity index is 4.38. The van der Waals surface area contributed by atoms with Crippen molar-refractivity contribution in [1.82, 2.24) is 5.32 Å². The van der Waals surface area contributed by atoms with Gasteiger partial charge in [0.1, 0.15) is 6.04 Å². The highest BCUT2D eigenvalue weighted by Gasteiger charge is 2.27. The smallest absolute Gasteiger partial charge is 0.335 e. The predicted octanol–water partition coefficient (Wildman–Crippen LogP) is 0.825. The summed E-state index contributed by atoms with van der Waals surface area (Å²) < 4.78 is 14.6. The van der Waals surface area contributed by atoms with Crippen LogP contribution in [0.15, 0.2) is 12.7 Å². The van der Waals surface area contributed by atoms with Crippen molar-refractivity contribution in [2.45, 2.75) is 39.3 Å². The molecule has 7 heteroatoms. The van der Waals surface area contributed by atoms with E-state index in [0.29, 0.717) is 6.42 Å². The van der Waals surface area contributed by atoms with Gasteiger partial charge in [0.25, 0.3) is 5.91 Å². The number of nitrogens with one attached hydrogen (secondary N) is 1. The number of carbonyl (C=O) groups is 3. The zero-order valence-corrected chi connectivity index (χ0v) is 13.6. The SMILES string of the molecule is C=CCOC(C)C(=O)OCC(=O)NC(C(=O)OC)C(C)CC. The normalized spacial score (nSPS) is 14.4. The molecule has 0 aliphatic rings. The first-order chi connectivity index (χ1) is 10.4. The number of hydrogen-bond donors (Lipinski definition) is 1. The lowest BCUT2D eigenvalue weighted by Gasteiger charge is -2.21. The third-order valence-electron chi connectivity index (χ3n) is 3.13. The van der Waals surface area contributed by atoms with Gasteiger partial charge >= 0.3 is 11.9 Å². The van der Waals surface area contributed by atoms with E-state index in [-0.39, 0.29) is 12.5 Å². The van der Waals surface area contributed by atoms with Gasteiger partial charge in [-0.2, -0.15) is 0 Å². The Morgan fingerprint density at radius 2 is 1.86 bits per heavy atom. The molecule has 0 aliphatic heterocycles. The lowest BCUT2D eigenvalue weighted by molar-refractivity contribution is -0.159. The Kier molecular flexibility index (Phi) is 9.86. The number of amides is 1. The van der Waals surface area contributed by atoms with Crippen molar-refractivity contribution in [2.24, 2.45) is 5.92 Å². The van der Waals surface area contributed by atoms with Gasteiger partial charge in [0.15, 0.2) is 12.7 Å². The molecule has 0 heterocycles. The van der Waals surface area contributed by atoms with E-state index in [1.807, 2.05) is 13.8 Å². The molecule has 3 unspecified atom stereocenters. The Hall–Kier alpha value is -1.89. The molecule has 1 N–H and O–H groups in total. The maximum absolute atomic E-state index is 11.8. The maximum atomic E-state index is 11.8. The molecule has 0 aromatic rings. The van der Waals surface area contributed by atoms with Gasteiger partial charge in [-0.3, -0.25) is 4.79 Å². The average Bonchev–Trinajstić information content (AvgIpc) is 2.53. The number of hydrogen-bond acceptors (Lipinski definition) is 6. The van der Waals surface area contributed by atoms with Crippen LogP contribution in [0.1, 0.15) is 27.2 Å². The van der Waals surface area contributed by atoms with Crippen molar-refractivity contribution in [3.8, 4) is 0 Å². The summed E-state index contributed by atoms with van der Waals surface area (Å²) in [6.45, 7) is 8.42. The molecule has 3 atom stereocenters. The Bertz CT molecular complexity index is 395. The van der Waals surface area contributed by atoms with Crippen molar-refractivity contribution < 1.29 is 28.6 Å². The average molecular weight is 315 g/mol. The summed E-state index contributed by atoms with van der Waals surface area (Å²) in [4.78, 5) is 35.0. The first-order valence-corrected chi connectivity index (χ1v) is 7.13. The standard InChI is InChI=1S/C15H25NO6/c1-6-8-21-11(4)14(18)22-9-12(17)16-13(10(3)7-2)15(19)20-5/h6,10-11,13H,1,7-9H2,2-5H3,(H,16,17). The summed E-state index contributed by atoms with van der Waals surface area (Å²) in [6, 6.07) is -0.768. The molecule has 22 heavy (non-hydrogen) atoms. The highest BCUT2D eigenvalue weighted by molar-refractivity contribution is 5.86. The minimum atomic E-state index is -0.795. The third-order valence-corrected chi connectivity index (χ3v) is 3.13. The van der Waals surface area contributed by atoms with Gasteiger partial charge in [0, 0.05) is 0 Å². The highest BCUT2D eigenvalue weighted by Crippen LogP contribution is 2.09. The Morgan fingerprint density at radius 3 is 2.36 bits per heavy atom. The number of ether oxygens (including phenoxy) is 3. The molecule has 0 rings (SSSR count). The van der Waals surface area contributed by atoms with Crippen LogP contribution in [0.5, 0.6) is 0 Å². The molecular formula is C15H25NO6. The van der Waals surface area contributed by atoms with E-state index in [4.69, 9.17) is 9.47 Å². The van der Waals surface area contributed by atoms with Gasteiger partial charge in [-0.05, 0) is 12.8 Å². The van der Waals surface area contributed by atoms with Gasteiger partial charge in [0.05, 0.1) is 13.7 Å². The quantitative estimate of drug-likeness (QED) is 0.474. The summed E-state index contributed by atoms with van der Waals surface area (Å²) >= 11 is 0. The first-order valence-electron chi connectivity index (χ1n) is 7.13. The molecule has 7 nitrogen and oxygen atoms in total. The minimum absolute atomic E-state index is 0.0954. The lowest BCUT2D eigenvalue weighted by atomic mass is 9.99. The van der Waals surface area contributed by atoms with E-state index in [2.05, 4.69) is 16.6 Å². The molecule has 0 saturated heterocycles. The van der Waals surface area contributed by atoms with E-state index in [1.165, 1.54) is 20.1 Å². The number of rotatable bonds is 10. The van der Waals surface area contributed by atoms with Crippen LogP contribution in [-0.2, 0) is 28.6 Å². The van der Waals surface area contributed by atoms with Crippen molar-refractivity contribution in [3.63, 3.8) is 0 Å². The Morgan fingerprint density at radius 1 is 1.23 bits per heavy atom.